The second kappa shape index (κ2) is 7.72. The smallest absolute Gasteiger partial charge is 0.345 e. The van der Waals surface area contributed by atoms with E-state index in [4.69, 9.17) is 9.84 Å². The summed E-state index contributed by atoms with van der Waals surface area (Å²) in [6.07, 6.45) is 1.64. The molecule has 1 aliphatic heterocycles. The lowest BCUT2D eigenvalue weighted by molar-refractivity contribution is -0.00366. The standard InChI is InChI=1S/C19H17FN4O4S/c1-11-2-3-12(8-13(11)20)24-9-14(21-22-24)15-10-28-7-6-23(15)18(25)16-4-5-17(29-16)19(26)27/h2-5,8-9,15H,6-7,10H2,1H3,(H,26,27). The Morgan fingerprint density at radius 1 is 1.28 bits per heavy atom. The van der Waals surface area contributed by atoms with Crippen molar-refractivity contribution in [3.63, 3.8) is 0 Å². The van der Waals surface area contributed by atoms with Crippen molar-refractivity contribution in [1.29, 1.82) is 0 Å². The summed E-state index contributed by atoms with van der Waals surface area (Å²) in [7, 11) is 0. The van der Waals surface area contributed by atoms with Gasteiger partial charge in [0.25, 0.3) is 5.91 Å². The molecule has 1 aromatic carbocycles. The van der Waals surface area contributed by atoms with E-state index in [2.05, 4.69) is 10.3 Å². The minimum atomic E-state index is -1.07. The molecule has 3 heterocycles. The molecule has 0 aliphatic carbocycles. The van der Waals surface area contributed by atoms with Crippen LogP contribution in [-0.4, -0.2) is 56.6 Å². The molecular formula is C19H17FN4O4S. The zero-order valence-electron chi connectivity index (χ0n) is 15.4. The highest BCUT2D eigenvalue weighted by molar-refractivity contribution is 7.15. The molecule has 1 fully saturated rings. The second-order valence-corrected chi connectivity index (χ2v) is 7.66. The second-order valence-electron chi connectivity index (χ2n) is 6.58. The molecular weight excluding hydrogens is 399 g/mol. The molecule has 0 radical (unpaired) electrons. The van der Waals surface area contributed by atoms with E-state index in [-0.39, 0.29) is 23.2 Å². The Morgan fingerprint density at radius 2 is 2.07 bits per heavy atom. The number of halogens is 1. The number of carbonyl (C=O) groups excluding carboxylic acids is 1. The average molecular weight is 416 g/mol. The summed E-state index contributed by atoms with van der Waals surface area (Å²) in [5.74, 6) is -1.70. The number of benzene rings is 1. The third-order valence-electron chi connectivity index (χ3n) is 4.69. The van der Waals surface area contributed by atoms with E-state index in [0.717, 1.165) is 11.3 Å². The maximum Gasteiger partial charge on any atom is 0.345 e. The third-order valence-corrected chi connectivity index (χ3v) is 5.75. The van der Waals surface area contributed by atoms with Gasteiger partial charge in [-0.15, -0.1) is 16.4 Å². The van der Waals surface area contributed by atoms with Crippen molar-refractivity contribution in [2.75, 3.05) is 19.8 Å². The van der Waals surface area contributed by atoms with Gasteiger partial charge in [-0.25, -0.2) is 13.9 Å². The van der Waals surface area contributed by atoms with Gasteiger partial charge in [0.15, 0.2) is 0 Å². The Labute approximate surface area is 169 Å². The van der Waals surface area contributed by atoms with Crippen molar-refractivity contribution >= 4 is 23.2 Å². The van der Waals surface area contributed by atoms with Crippen LogP contribution in [0.4, 0.5) is 4.39 Å². The first kappa shape index (κ1) is 19.2. The highest BCUT2D eigenvalue weighted by Gasteiger charge is 2.32. The predicted molar refractivity (Wildman–Crippen MR) is 102 cm³/mol. The molecule has 1 atom stereocenters. The summed E-state index contributed by atoms with van der Waals surface area (Å²) in [5.41, 5.74) is 1.56. The molecule has 1 saturated heterocycles. The Kier molecular flexibility index (Phi) is 5.12. The van der Waals surface area contributed by atoms with Crippen molar-refractivity contribution in [3.8, 4) is 5.69 Å². The van der Waals surface area contributed by atoms with E-state index < -0.39 is 12.0 Å². The number of ether oxygens (including phenoxy) is 1. The Morgan fingerprint density at radius 3 is 2.79 bits per heavy atom. The van der Waals surface area contributed by atoms with Gasteiger partial charge in [-0.1, -0.05) is 11.3 Å². The van der Waals surface area contributed by atoms with Crippen LogP contribution in [0.5, 0.6) is 0 Å². The number of hydrogen-bond acceptors (Lipinski definition) is 6. The molecule has 1 amide bonds. The van der Waals surface area contributed by atoms with Gasteiger partial charge in [0.1, 0.15) is 22.4 Å². The Hall–Kier alpha value is -3.11. The maximum atomic E-state index is 13.9. The molecule has 0 bridgehead atoms. The number of carbonyl (C=O) groups is 2. The van der Waals surface area contributed by atoms with E-state index in [0.29, 0.717) is 35.0 Å². The molecule has 0 spiro atoms. The summed E-state index contributed by atoms with van der Waals surface area (Å²) in [6, 6.07) is 7.20. The summed E-state index contributed by atoms with van der Waals surface area (Å²) in [5, 5.41) is 17.3. The van der Waals surface area contributed by atoms with E-state index >= 15 is 0 Å². The van der Waals surface area contributed by atoms with Crippen LogP contribution in [0.15, 0.2) is 36.5 Å². The fourth-order valence-electron chi connectivity index (χ4n) is 3.08. The van der Waals surface area contributed by atoms with Crippen LogP contribution in [0.3, 0.4) is 0 Å². The van der Waals surface area contributed by atoms with Crippen LogP contribution < -0.4 is 0 Å². The van der Waals surface area contributed by atoms with Crippen molar-refractivity contribution in [3.05, 3.63) is 63.4 Å². The molecule has 1 N–H and O–H groups in total. The molecule has 1 unspecified atom stereocenters. The normalized spacial score (nSPS) is 16.8. The summed E-state index contributed by atoms with van der Waals surface area (Å²) < 4.78 is 20.8. The maximum absolute atomic E-state index is 13.9. The number of carboxylic acid groups (broad SMARTS) is 1. The van der Waals surface area contributed by atoms with Crippen LogP contribution in [0.25, 0.3) is 5.69 Å². The van der Waals surface area contributed by atoms with Crippen LogP contribution in [0.2, 0.25) is 0 Å². The van der Waals surface area contributed by atoms with Gasteiger partial charge < -0.3 is 14.7 Å². The number of aromatic carboxylic acids is 1. The fraction of sp³-hybridized carbons (Fsp3) is 0.263. The van der Waals surface area contributed by atoms with Crippen LogP contribution in [-0.2, 0) is 4.74 Å². The van der Waals surface area contributed by atoms with Gasteiger partial charge in [-0.3, -0.25) is 4.79 Å². The molecule has 29 heavy (non-hydrogen) atoms. The summed E-state index contributed by atoms with van der Waals surface area (Å²) in [4.78, 5) is 26.1. The topological polar surface area (TPSA) is 97.5 Å². The number of nitrogens with zero attached hydrogens (tertiary/aromatic N) is 4. The quantitative estimate of drug-likeness (QED) is 0.702. The van der Waals surface area contributed by atoms with Gasteiger partial charge >= 0.3 is 5.97 Å². The van der Waals surface area contributed by atoms with Crippen LogP contribution in [0, 0.1) is 12.7 Å². The first-order chi connectivity index (χ1) is 13.9. The molecule has 10 heteroatoms. The van der Waals surface area contributed by atoms with E-state index in [1.165, 1.54) is 22.9 Å². The molecule has 8 nitrogen and oxygen atoms in total. The largest absolute Gasteiger partial charge is 0.477 e. The minimum Gasteiger partial charge on any atom is -0.477 e. The van der Waals surface area contributed by atoms with Crippen molar-refractivity contribution in [2.45, 2.75) is 13.0 Å². The van der Waals surface area contributed by atoms with E-state index in [1.54, 1.807) is 30.2 Å². The minimum absolute atomic E-state index is 0.102. The summed E-state index contributed by atoms with van der Waals surface area (Å²) >= 11 is 0.930. The molecule has 1 aliphatic rings. The Balaban J connectivity index is 1.60. The Bertz CT molecular complexity index is 1080. The van der Waals surface area contributed by atoms with Crippen LogP contribution in [0.1, 0.15) is 36.6 Å². The van der Waals surface area contributed by atoms with Crippen molar-refractivity contribution < 1.29 is 23.8 Å². The molecule has 3 aromatic rings. The number of aryl methyl sites for hydroxylation is 1. The third kappa shape index (κ3) is 3.76. The van der Waals surface area contributed by atoms with Gasteiger partial charge in [-0.2, -0.15) is 0 Å². The zero-order valence-corrected chi connectivity index (χ0v) is 16.2. The fourth-order valence-corrected chi connectivity index (χ4v) is 3.88. The monoisotopic (exact) mass is 416 g/mol. The molecule has 2 aromatic heterocycles. The van der Waals surface area contributed by atoms with Gasteiger partial charge in [0.2, 0.25) is 0 Å². The van der Waals surface area contributed by atoms with Crippen LogP contribution >= 0.6 is 11.3 Å². The highest BCUT2D eigenvalue weighted by Crippen LogP contribution is 2.27. The number of hydrogen-bond donors (Lipinski definition) is 1. The van der Waals surface area contributed by atoms with Crippen molar-refractivity contribution in [1.82, 2.24) is 19.9 Å². The SMILES string of the molecule is Cc1ccc(-n2cc(C3COCCN3C(=O)c3ccc(C(=O)O)s3)nn2)cc1F. The van der Waals surface area contributed by atoms with Gasteiger partial charge in [0.05, 0.1) is 30.0 Å². The van der Waals surface area contributed by atoms with Crippen molar-refractivity contribution in [2.24, 2.45) is 0 Å². The number of carboxylic acids is 1. The first-order valence-electron chi connectivity index (χ1n) is 8.84. The van der Waals surface area contributed by atoms with Gasteiger partial charge in [0, 0.05) is 6.54 Å². The van der Waals surface area contributed by atoms with Gasteiger partial charge in [-0.05, 0) is 36.8 Å². The number of rotatable bonds is 4. The zero-order chi connectivity index (χ0) is 20.5. The number of thiophene rings is 1. The summed E-state index contributed by atoms with van der Waals surface area (Å²) in [6.45, 7) is 2.63. The van der Waals surface area contributed by atoms with E-state index in [1.807, 2.05) is 0 Å². The highest BCUT2D eigenvalue weighted by atomic mass is 32.1. The molecule has 0 saturated carbocycles. The number of morpholine rings is 1. The number of amides is 1. The van der Waals surface area contributed by atoms with E-state index in [9.17, 15) is 14.0 Å². The lowest BCUT2D eigenvalue weighted by atomic mass is 10.1. The average Bonchev–Trinajstić information content (AvgIpc) is 3.40. The first-order valence-corrected chi connectivity index (χ1v) is 9.66. The predicted octanol–water partition coefficient (Wildman–Crippen LogP) is 2.69. The lowest BCUT2D eigenvalue weighted by Crippen LogP contribution is -2.43. The lowest BCUT2D eigenvalue weighted by Gasteiger charge is -2.34. The molecule has 150 valence electrons. The number of aromatic nitrogens is 3. The molecule has 4 rings (SSSR count).